The number of benzene rings is 2. The lowest BCUT2D eigenvalue weighted by Gasteiger charge is -2.24. The van der Waals surface area contributed by atoms with E-state index < -0.39 is 15.9 Å². The number of anilines is 1. The zero-order valence-corrected chi connectivity index (χ0v) is 20.0. The highest BCUT2D eigenvalue weighted by atomic mass is 35.5. The summed E-state index contributed by atoms with van der Waals surface area (Å²) in [4.78, 5) is 12.7. The number of sulfonamides is 1. The Morgan fingerprint density at radius 3 is 2.44 bits per heavy atom. The summed E-state index contributed by atoms with van der Waals surface area (Å²) in [6.07, 6.45) is 2.90. The molecule has 170 valence electrons. The molecule has 9 heteroatoms. The van der Waals surface area contributed by atoms with Crippen LogP contribution in [0.3, 0.4) is 0 Å². The Bertz CT molecular complexity index is 1170. The second kappa shape index (κ2) is 10.4. The molecule has 0 aliphatic carbocycles. The van der Waals surface area contributed by atoms with E-state index in [1.54, 1.807) is 43.5 Å². The van der Waals surface area contributed by atoms with Crippen molar-refractivity contribution in [2.24, 2.45) is 0 Å². The van der Waals surface area contributed by atoms with Crippen molar-refractivity contribution in [1.29, 1.82) is 0 Å². The lowest BCUT2D eigenvalue weighted by molar-refractivity contribution is 0.0938. The van der Waals surface area contributed by atoms with E-state index in [1.807, 2.05) is 19.1 Å². The van der Waals surface area contributed by atoms with Gasteiger partial charge in [0.15, 0.2) is 0 Å². The average Bonchev–Trinajstić information content (AvgIpc) is 3.27. The summed E-state index contributed by atoms with van der Waals surface area (Å²) in [7, 11) is -4.03. The van der Waals surface area contributed by atoms with E-state index in [0.717, 1.165) is 5.76 Å². The molecule has 32 heavy (non-hydrogen) atoms. The van der Waals surface area contributed by atoms with Gasteiger partial charge in [0.25, 0.3) is 15.9 Å². The Morgan fingerprint density at radius 1 is 1.09 bits per heavy atom. The predicted molar refractivity (Wildman–Crippen MR) is 127 cm³/mol. The van der Waals surface area contributed by atoms with Crippen LogP contribution in [-0.2, 0) is 16.4 Å². The maximum absolute atomic E-state index is 13.4. The molecule has 0 saturated heterocycles. The molecule has 6 nitrogen and oxygen atoms in total. The third kappa shape index (κ3) is 5.46. The highest BCUT2D eigenvalue weighted by Gasteiger charge is 2.28. The normalized spacial score (nSPS) is 12.4. The smallest absolute Gasteiger partial charge is 0.265 e. The Morgan fingerprint density at radius 2 is 1.81 bits per heavy atom. The number of para-hydroxylation sites is 1. The fraction of sp³-hybridized carbons (Fsp3) is 0.261. The molecule has 3 aromatic rings. The minimum Gasteiger partial charge on any atom is -0.469 e. The minimum atomic E-state index is -4.03. The van der Waals surface area contributed by atoms with Crippen LogP contribution in [0.5, 0.6) is 0 Å². The topological polar surface area (TPSA) is 79.6 Å². The number of hydrogen-bond donors (Lipinski definition) is 1. The molecular formula is C23H24Cl2N2O4S. The van der Waals surface area contributed by atoms with Gasteiger partial charge in [-0.25, -0.2) is 8.42 Å². The number of amides is 1. The van der Waals surface area contributed by atoms with Crippen molar-refractivity contribution < 1.29 is 17.6 Å². The monoisotopic (exact) mass is 494 g/mol. The molecule has 0 saturated carbocycles. The highest BCUT2D eigenvalue weighted by molar-refractivity contribution is 7.93. The molecule has 1 atom stereocenters. The summed E-state index contributed by atoms with van der Waals surface area (Å²) >= 11 is 12.5. The fourth-order valence-corrected chi connectivity index (χ4v) is 5.60. The molecule has 0 bridgehead atoms. The van der Waals surface area contributed by atoms with Crippen LogP contribution in [0.15, 0.2) is 70.2 Å². The summed E-state index contributed by atoms with van der Waals surface area (Å²) < 4.78 is 33.3. The minimum absolute atomic E-state index is 0.0450. The number of halogens is 2. The molecule has 2 aromatic carbocycles. The molecular weight excluding hydrogens is 471 g/mol. The van der Waals surface area contributed by atoms with Crippen LogP contribution in [-0.4, -0.2) is 26.9 Å². The van der Waals surface area contributed by atoms with E-state index in [0.29, 0.717) is 18.5 Å². The first-order valence-corrected chi connectivity index (χ1v) is 12.3. The molecule has 1 N–H and O–H groups in total. The lowest BCUT2D eigenvalue weighted by atomic mass is 10.1. The molecule has 1 unspecified atom stereocenters. The maximum Gasteiger partial charge on any atom is 0.265 e. The number of carbonyl (C=O) groups excluding carboxylic acids is 1. The van der Waals surface area contributed by atoms with Gasteiger partial charge < -0.3 is 9.73 Å². The van der Waals surface area contributed by atoms with Crippen LogP contribution in [0.2, 0.25) is 10.0 Å². The van der Waals surface area contributed by atoms with Gasteiger partial charge in [0.2, 0.25) is 0 Å². The van der Waals surface area contributed by atoms with Crippen LogP contribution in [0.4, 0.5) is 5.69 Å². The van der Waals surface area contributed by atoms with Gasteiger partial charge in [0.05, 0.1) is 27.6 Å². The molecule has 0 spiro atoms. The van der Waals surface area contributed by atoms with Crippen molar-refractivity contribution in [1.82, 2.24) is 5.32 Å². The van der Waals surface area contributed by atoms with Crippen molar-refractivity contribution in [3.8, 4) is 0 Å². The van der Waals surface area contributed by atoms with Crippen LogP contribution >= 0.6 is 23.2 Å². The molecule has 3 rings (SSSR count). The molecule has 1 aromatic heterocycles. The zero-order chi connectivity index (χ0) is 23.3. The maximum atomic E-state index is 13.4. The lowest BCUT2D eigenvalue weighted by Crippen LogP contribution is -2.34. The predicted octanol–water partition coefficient (Wildman–Crippen LogP) is 5.55. The van der Waals surface area contributed by atoms with Crippen molar-refractivity contribution in [2.45, 2.75) is 37.6 Å². The van der Waals surface area contributed by atoms with Crippen LogP contribution in [0.1, 0.15) is 36.4 Å². The standard InChI is InChI=1S/C23H24Cl2N2O4S/c1-3-27(17-8-5-4-6-9-17)32(29,30)22-14-19(20(24)15-21(22)25)23(28)26-16(2)11-12-18-10-7-13-31-18/h4-10,13-16H,3,11-12H2,1-2H3,(H,26,28). The Labute approximate surface area is 198 Å². The SMILES string of the molecule is CCN(c1ccccc1)S(=O)(=O)c1cc(C(=O)NC(C)CCc2ccco2)c(Cl)cc1Cl. The quantitative estimate of drug-likeness (QED) is 0.422. The van der Waals surface area contributed by atoms with Crippen LogP contribution in [0, 0.1) is 0 Å². The summed E-state index contributed by atoms with van der Waals surface area (Å²) in [6.45, 7) is 3.77. The number of nitrogens with zero attached hydrogens (tertiary/aromatic N) is 1. The summed E-state index contributed by atoms with van der Waals surface area (Å²) in [6, 6.07) is 14.7. The number of carbonyl (C=O) groups is 1. The van der Waals surface area contributed by atoms with Gasteiger partial charge in [-0.1, -0.05) is 41.4 Å². The van der Waals surface area contributed by atoms with E-state index in [4.69, 9.17) is 27.6 Å². The van der Waals surface area contributed by atoms with E-state index in [1.165, 1.54) is 16.4 Å². The fourth-order valence-electron chi connectivity index (χ4n) is 3.29. The second-order valence-corrected chi connectivity index (χ2v) is 9.91. The van der Waals surface area contributed by atoms with Gasteiger partial charge in [-0.3, -0.25) is 9.10 Å². The molecule has 1 amide bonds. The molecule has 1 heterocycles. The summed E-state index contributed by atoms with van der Waals surface area (Å²) in [5.41, 5.74) is 0.544. The number of furan rings is 1. The van der Waals surface area contributed by atoms with E-state index in [2.05, 4.69) is 5.32 Å². The number of aryl methyl sites for hydroxylation is 1. The van der Waals surface area contributed by atoms with Gasteiger partial charge in [-0.15, -0.1) is 0 Å². The molecule has 0 aliphatic heterocycles. The number of rotatable bonds is 9. The summed E-state index contributed by atoms with van der Waals surface area (Å²) in [5, 5.41) is 2.88. The average molecular weight is 495 g/mol. The van der Waals surface area contributed by atoms with E-state index >= 15 is 0 Å². The van der Waals surface area contributed by atoms with Gasteiger partial charge in [0.1, 0.15) is 10.7 Å². The number of hydrogen-bond acceptors (Lipinski definition) is 4. The van der Waals surface area contributed by atoms with Crippen molar-refractivity contribution in [2.75, 3.05) is 10.8 Å². The summed E-state index contributed by atoms with van der Waals surface area (Å²) in [5.74, 6) is 0.349. The first kappa shape index (κ1) is 24.2. The first-order valence-electron chi connectivity index (χ1n) is 10.1. The molecule has 0 fully saturated rings. The van der Waals surface area contributed by atoms with Crippen molar-refractivity contribution in [3.63, 3.8) is 0 Å². The Hall–Kier alpha value is -2.48. The van der Waals surface area contributed by atoms with Crippen LogP contribution in [0.25, 0.3) is 0 Å². The number of nitrogens with one attached hydrogen (secondary N) is 1. The van der Waals surface area contributed by atoms with Crippen molar-refractivity contribution in [3.05, 3.63) is 82.2 Å². The van der Waals surface area contributed by atoms with Gasteiger partial charge in [-0.2, -0.15) is 0 Å². The third-order valence-corrected chi connectivity index (χ3v) is 7.63. The molecule has 0 radical (unpaired) electrons. The van der Waals surface area contributed by atoms with Gasteiger partial charge in [-0.05, 0) is 56.7 Å². The van der Waals surface area contributed by atoms with Crippen molar-refractivity contribution >= 4 is 44.8 Å². The largest absolute Gasteiger partial charge is 0.469 e. The second-order valence-electron chi connectivity index (χ2n) is 7.26. The van der Waals surface area contributed by atoms with Gasteiger partial charge in [0, 0.05) is 19.0 Å². The highest BCUT2D eigenvalue weighted by Crippen LogP contribution is 2.32. The Kier molecular flexibility index (Phi) is 7.87. The van der Waals surface area contributed by atoms with Gasteiger partial charge >= 0.3 is 0 Å². The van der Waals surface area contributed by atoms with E-state index in [-0.39, 0.29) is 33.1 Å². The van der Waals surface area contributed by atoms with Crippen LogP contribution < -0.4 is 9.62 Å². The molecule has 0 aliphatic rings. The van der Waals surface area contributed by atoms with E-state index in [9.17, 15) is 13.2 Å². The first-order chi connectivity index (χ1) is 15.2. The third-order valence-electron chi connectivity index (χ3n) is 4.95. The Balaban J connectivity index is 1.85. The zero-order valence-electron chi connectivity index (χ0n) is 17.7.